The summed E-state index contributed by atoms with van der Waals surface area (Å²) in [5, 5.41) is 6.41. The highest BCUT2D eigenvalue weighted by molar-refractivity contribution is 7.89. The number of nitrogens with zero attached hydrogens (tertiary/aromatic N) is 1. The fourth-order valence-corrected chi connectivity index (χ4v) is 2.55. The first-order valence-electron chi connectivity index (χ1n) is 4.73. The van der Waals surface area contributed by atoms with E-state index in [1.54, 1.807) is 25.5 Å². The van der Waals surface area contributed by atoms with E-state index in [9.17, 15) is 8.42 Å². The first-order chi connectivity index (χ1) is 7.59. The molecule has 86 valence electrons. The van der Waals surface area contributed by atoms with Gasteiger partial charge in [0, 0.05) is 30.2 Å². The van der Waals surface area contributed by atoms with E-state index in [1.165, 1.54) is 12.3 Å². The molecule has 0 amide bonds. The van der Waals surface area contributed by atoms with E-state index < -0.39 is 10.0 Å². The van der Waals surface area contributed by atoms with Gasteiger partial charge in [-0.05, 0) is 13.0 Å². The molecule has 2 rings (SSSR count). The van der Waals surface area contributed by atoms with Crippen molar-refractivity contribution in [1.82, 2.24) is 19.9 Å². The summed E-state index contributed by atoms with van der Waals surface area (Å²) in [5.41, 5.74) is 0.791. The van der Waals surface area contributed by atoms with Gasteiger partial charge in [0.05, 0.1) is 11.1 Å². The van der Waals surface area contributed by atoms with Crippen molar-refractivity contribution in [3.63, 3.8) is 0 Å². The quantitative estimate of drug-likeness (QED) is 0.737. The maximum Gasteiger partial charge on any atom is 0.242 e. The van der Waals surface area contributed by atoms with Gasteiger partial charge in [0.2, 0.25) is 10.0 Å². The number of aromatic nitrogens is 3. The maximum absolute atomic E-state index is 11.8. The zero-order chi connectivity index (χ0) is 11.6. The van der Waals surface area contributed by atoms with Crippen LogP contribution < -0.4 is 4.72 Å². The van der Waals surface area contributed by atoms with Gasteiger partial charge in [-0.1, -0.05) is 0 Å². The van der Waals surface area contributed by atoms with E-state index in [4.69, 9.17) is 0 Å². The van der Waals surface area contributed by atoms with Crippen LogP contribution in [0.5, 0.6) is 0 Å². The summed E-state index contributed by atoms with van der Waals surface area (Å²) in [6, 6.07) is 1.18. The molecule has 0 fully saturated rings. The third-order valence-electron chi connectivity index (χ3n) is 2.23. The number of aromatic amines is 2. The lowest BCUT2D eigenvalue weighted by Gasteiger charge is -2.11. The molecule has 6 nitrogen and oxygen atoms in total. The lowest BCUT2D eigenvalue weighted by molar-refractivity contribution is 0.567. The average molecular weight is 240 g/mol. The van der Waals surface area contributed by atoms with Crippen molar-refractivity contribution in [3.8, 4) is 0 Å². The second-order valence-electron chi connectivity index (χ2n) is 3.42. The Morgan fingerprint density at radius 1 is 1.44 bits per heavy atom. The van der Waals surface area contributed by atoms with Crippen LogP contribution in [0.25, 0.3) is 0 Å². The second-order valence-corrected chi connectivity index (χ2v) is 5.14. The van der Waals surface area contributed by atoms with E-state index >= 15 is 0 Å². The van der Waals surface area contributed by atoms with Crippen LogP contribution >= 0.6 is 0 Å². The number of rotatable bonds is 4. The molecule has 7 heteroatoms. The number of hydrogen-bond acceptors (Lipinski definition) is 3. The summed E-state index contributed by atoms with van der Waals surface area (Å²) in [5.74, 6) is 0. The van der Waals surface area contributed by atoms with Crippen LogP contribution in [0, 0.1) is 0 Å². The molecule has 0 spiro atoms. The Balaban J connectivity index is 2.16. The summed E-state index contributed by atoms with van der Waals surface area (Å²) in [6.45, 7) is 1.76. The highest BCUT2D eigenvalue weighted by Crippen LogP contribution is 2.14. The van der Waals surface area contributed by atoms with Crippen LogP contribution in [0.1, 0.15) is 18.5 Å². The fraction of sp³-hybridized carbons (Fsp3) is 0.222. The van der Waals surface area contributed by atoms with Gasteiger partial charge in [-0.3, -0.25) is 5.10 Å². The molecule has 0 aliphatic heterocycles. The van der Waals surface area contributed by atoms with Crippen molar-refractivity contribution in [2.24, 2.45) is 0 Å². The number of H-pyrrole nitrogens is 2. The Labute approximate surface area is 93.1 Å². The van der Waals surface area contributed by atoms with Crippen LogP contribution in [0.15, 0.2) is 35.7 Å². The van der Waals surface area contributed by atoms with E-state index in [1.807, 2.05) is 0 Å². The summed E-state index contributed by atoms with van der Waals surface area (Å²) >= 11 is 0. The van der Waals surface area contributed by atoms with Crippen LogP contribution in [-0.2, 0) is 10.0 Å². The second kappa shape index (κ2) is 4.11. The molecule has 0 bridgehead atoms. The molecule has 0 saturated heterocycles. The van der Waals surface area contributed by atoms with Gasteiger partial charge in [0.1, 0.15) is 0 Å². The summed E-state index contributed by atoms with van der Waals surface area (Å²) in [4.78, 5) is 2.93. The first kappa shape index (κ1) is 10.9. The van der Waals surface area contributed by atoms with E-state index in [-0.39, 0.29) is 10.9 Å². The molecule has 2 heterocycles. The molecule has 3 N–H and O–H groups in total. The predicted octanol–water partition coefficient (Wildman–Crippen LogP) is 0.777. The Bertz CT molecular complexity index is 530. The van der Waals surface area contributed by atoms with Gasteiger partial charge in [-0.15, -0.1) is 0 Å². The Morgan fingerprint density at radius 3 is 2.81 bits per heavy atom. The fourth-order valence-electron chi connectivity index (χ4n) is 1.34. The molecule has 2 aromatic heterocycles. The first-order valence-corrected chi connectivity index (χ1v) is 6.22. The molecular weight excluding hydrogens is 228 g/mol. The molecule has 0 saturated carbocycles. The van der Waals surface area contributed by atoms with E-state index in [0.29, 0.717) is 0 Å². The standard InChI is InChI=1S/C9H12N4O2S/c1-7(8-4-11-12-5-8)13-16(14,15)9-2-3-10-6-9/h2-7,10,13H,1H3,(H,11,12). The van der Waals surface area contributed by atoms with E-state index in [2.05, 4.69) is 19.9 Å². The van der Waals surface area contributed by atoms with Crippen LogP contribution in [-0.4, -0.2) is 23.6 Å². The predicted molar refractivity (Wildman–Crippen MR) is 58.1 cm³/mol. The van der Waals surface area contributed by atoms with Crippen molar-refractivity contribution in [2.75, 3.05) is 0 Å². The van der Waals surface area contributed by atoms with Crippen molar-refractivity contribution >= 4 is 10.0 Å². The van der Waals surface area contributed by atoms with Crippen molar-refractivity contribution < 1.29 is 8.42 Å². The number of nitrogens with one attached hydrogen (secondary N) is 3. The van der Waals surface area contributed by atoms with Crippen molar-refractivity contribution in [1.29, 1.82) is 0 Å². The molecule has 0 aliphatic rings. The lowest BCUT2D eigenvalue weighted by atomic mass is 10.2. The molecule has 1 atom stereocenters. The Kier molecular flexibility index (Phi) is 2.80. The van der Waals surface area contributed by atoms with Gasteiger partial charge in [-0.25, -0.2) is 13.1 Å². The SMILES string of the molecule is CC(NS(=O)(=O)c1cc[nH]c1)c1cn[nH]c1. The third-order valence-corrected chi connectivity index (χ3v) is 3.77. The molecule has 0 aromatic carbocycles. The highest BCUT2D eigenvalue weighted by Gasteiger charge is 2.18. The average Bonchev–Trinajstić information content (AvgIpc) is 2.91. The molecule has 0 aliphatic carbocycles. The van der Waals surface area contributed by atoms with Crippen molar-refractivity contribution in [2.45, 2.75) is 17.9 Å². The number of sulfonamides is 1. The monoisotopic (exact) mass is 240 g/mol. The zero-order valence-electron chi connectivity index (χ0n) is 8.64. The van der Waals surface area contributed by atoms with Gasteiger partial charge >= 0.3 is 0 Å². The van der Waals surface area contributed by atoms with Crippen LogP contribution in [0.3, 0.4) is 0 Å². The normalized spacial score (nSPS) is 13.8. The van der Waals surface area contributed by atoms with E-state index in [0.717, 1.165) is 5.56 Å². The third kappa shape index (κ3) is 2.15. The van der Waals surface area contributed by atoms with Gasteiger partial charge in [0.15, 0.2) is 0 Å². The minimum atomic E-state index is -3.47. The minimum absolute atomic E-state index is 0.225. The minimum Gasteiger partial charge on any atom is -0.366 e. The number of hydrogen-bond donors (Lipinski definition) is 3. The maximum atomic E-state index is 11.8. The summed E-state index contributed by atoms with van der Waals surface area (Å²) in [6.07, 6.45) is 6.25. The molecule has 2 aromatic rings. The van der Waals surface area contributed by atoms with Crippen molar-refractivity contribution in [3.05, 3.63) is 36.4 Å². The van der Waals surface area contributed by atoms with Gasteiger partial charge < -0.3 is 4.98 Å². The topological polar surface area (TPSA) is 90.6 Å². The van der Waals surface area contributed by atoms with Gasteiger partial charge in [0.25, 0.3) is 0 Å². The zero-order valence-corrected chi connectivity index (χ0v) is 9.45. The summed E-state index contributed by atoms with van der Waals surface area (Å²) < 4.78 is 26.2. The Hall–Kier alpha value is -1.60. The Morgan fingerprint density at radius 2 is 2.25 bits per heavy atom. The van der Waals surface area contributed by atoms with Crippen LogP contribution in [0.4, 0.5) is 0 Å². The summed E-state index contributed by atoms with van der Waals surface area (Å²) in [7, 11) is -3.47. The van der Waals surface area contributed by atoms with Gasteiger partial charge in [-0.2, -0.15) is 5.10 Å². The molecule has 16 heavy (non-hydrogen) atoms. The van der Waals surface area contributed by atoms with Crippen LogP contribution in [0.2, 0.25) is 0 Å². The largest absolute Gasteiger partial charge is 0.366 e. The molecule has 1 unspecified atom stereocenters. The highest BCUT2D eigenvalue weighted by atomic mass is 32.2. The molecular formula is C9H12N4O2S. The smallest absolute Gasteiger partial charge is 0.242 e. The molecule has 0 radical (unpaired) electrons. The lowest BCUT2D eigenvalue weighted by Crippen LogP contribution is -2.26.